The van der Waals surface area contributed by atoms with Crippen molar-refractivity contribution in [2.24, 2.45) is 0 Å². The third-order valence-electron chi connectivity index (χ3n) is 4.77. The number of anilines is 2. The molecule has 0 bridgehead atoms. The Kier molecular flexibility index (Phi) is 5.22. The fraction of sp³-hybridized carbons (Fsp3) is 0.400. The van der Waals surface area contributed by atoms with Gasteiger partial charge in [-0.1, -0.05) is 24.3 Å². The quantitative estimate of drug-likeness (QED) is 0.906. The summed E-state index contributed by atoms with van der Waals surface area (Å²) in [7, 11) is 0. The van der Waals surface area contributed by atoms with Crippen LogP contribution >= 0.6 is 0 Å². The van der Waals surface area contributed by atoms with Crippen LogP contribution in [-0.4, -0.2) is 30.1 Å². The molecule has 2 amide bonds. The average Bonchev–Trinajstić information content (AvgIpc) is 2.97. The molecule has 1 aliphatic heterocycles. The van der Waals surface area contributed by atoms with Crippen LogP contribution in [0.4, 0.5) is 16.3 Å². The molecule has 132 valence electrons. The zero-order valence-electron chi connectivity index (χ0n) is 15.2. The average molecular weight is 338 g/mol. The van der Waals surface area contributed by atoms with Gasteiger partial charge in [0.05, 0.1) is 0 Å². The standard InChI is InChI=1S/C20H26N4O/c1-4-23(5-2)19-11-10-16(13-21-19)14-22-20(25)24-15(3)12-17-8-6-7-9-18(17)24/h6-11,13,15H,4-5,12,14H2,1-3H3,(H,22,25). The van der Waals surface area contributed by atoms with Gasteiger partial charge in [0.1, 0.15) is 5.82 Å². The van der Waals surface area contributed by atoms with Crippen LogP contribution in [0.25, 0.3) is 0 Å². The second-order valence-corrected chi connectivity index (χ2v) is 6.41. The molecule has 1 atom stereocenters. The van der Waals surface area contributed by atoms with Gasteiger partial charge in [-0.2, -0.15) is 0 Å². The van der Waals surface area contributed by atoms with Gasteiger partial charge in [0.2, 0.25) is 0 Å². The minimum absolute atomic E-state index is 0.0507. The van der Waals surface area contributed by atoms with Crippen molar-refractivity contribution >= 4 is 17.5 Å². The highest BCUT2D eigenvalue weighted by atomic mass is 16.2. The van der Waals surface area contributed by atoms with E-state index in [0.717, 1.165) is 36.6 Å². The SMILES string of the molecule is CCN(CC)c1ccc(CNC(=O)N2c3ccccc3CC2C)cn1. The lowest BCUT2D eigenvalue weighted by molar-refractivity contribution is 0.244. The fourth-order valence-electron chi connectivity index (χ4n) is 3.39. The number of fused-ring (bicyclic) bond motifs is 1. The summed E-state index contributed by atoms with van der Waals surface area (Å²) in [5, 5.41) is 3.02. The van der Waals surface area contributed by atoms with Crippen LogP contribution in [0.5, 0.6) is 0 Å². The van der Waals surface area contributed by atoms with Crippen LogP contribution in [0.2, 0.25) is 0 Å². The number of rotatable bonds is 5. The summed E-state index contributed by atoms with van der Waals surface area (Å²) in [5.41, 5.74) is 3.25. The number of benzene rings is 1. The minimum atomic E-state index is -0.0507. The number of nitrogens with zero attached hydrogens (tertiary/aromatic N) is 3. The Morgan fingerprint density at radius 1 is 1.24 bits per heavy atom. The summed E-state index contributed by atoms with van der Waals surface area (Å²) in [6, 6.07) is 12.3. The third kappa shape index (κ3) is 3.60. The summed E-state index contributed by atoms with van der Waals surface area (Å²) >= 11 is 0. The number of carbonyl (C=O) groups excluding carboxylic acids is 1. The maximum absolute atomic E-state index is 12.6. The molecule has 3 rings (SSSR count). The highest BCUT2D eigenvalue weighted by molar-refractivity contribution is 5.94. The topological polar surface area (TPSA) is 48.5 Å². The van der Waals surface area contributed by atoms with Gasteiger partial charge in [-0.05, 0) is 50.5 Å². The largest absolute Gasteiger partial charge is 0.357 e. The molecule has 1 N–H and O–H groups in total. The van der Waals surface area contributed by atoms with Crippen molar-refractivity contribution in [1.29, 1.82) is 0 Å². The third-order valence-corrected chi connectivity index (χ3v) is 4.77. The van der Waals surface area contributed by atoms with E-state index in [1.54, 1.807) is 0 Å². The zero-order chi connectivity index (χ0) is 17.8. The number of pyridine rings is 1. The van der Waals surface area contributed by atoms with Crippen molar-refractivity contribution in [1.82, 2.24) is 10.3 Å². The number of urea groups is 1. The summed E-state index contributed by atoms with van der Waals surface area (Å²) in [5.74, 6) is 0.974. The Labute approximate surface area is 149 Å². The van der Waals surface area contributed by atoms with Crippen LogP contribution in [0.15, 0.2) is 42.6 Å². The molecule has 25 heavy (non-hydrogen) atoms. The first kappa shape index (κ1) is 17.3. The van der Waals surface area contributed by atoms with Gasteiger partial charge in [0.25, 0.3) is 0 Å². The van der Waals surface area contributed by atoms with Gasteiger partial charge >= 0.3 is 6.03 Å². The highest BCUT2D eigenvalue weighted by Gasteiger charge is 2.30. The van der Waals surface area contributed by atoms with Crippen molar-refractivity contribution in [3.63, 3.8) is 0 Å². The van der Waals surface area contributed by atoms with E-state index in [2.05, 4.69) is 42.0 Å². The first-order valence-corrected chi connectivity index (χ1v) is 8.98. The minimum Gasteiger partial charge on any atom is -0.357 e. The second kappa shape index (κ2) is 7.55. The summed E-state index contributed by atoms with van der Waals surface area (Å²) in [6.07, 6.45) is 2.75. The molecule has 0 saturated carbocycles. The molecule has 1 aromatic heterocycles. The van der Waals surface area contributed by atoms with E-state index >= 15 is 0 Å². The van der Waals surface area contributed by atoms with E-state index in [9.17, 15) is 4.79 Å². The Hall–Kier alpha value is -2.56. The molecular weight excluding hydrogens is 312 g/mol. The van der Waals surface area contributed by atoms with Gasteiger partial charge in [0.15, 0.2) is 0 Å². The summed E-state index contributed by atoms with van der Waals surface area (Å²) < 4.78 is 0. The molecule has 0 saturated heterocycles. The van der Waals surface area contributed by atoms with Crippen LogP contribution in [-0.2, 0) is 13.0 Å². The van der Waals surface area contributed by atoms with Crippen LogP contribution in [0, 0.1) is 0 Å². The monoisotopic (exact) mass is 338 g/mol. The number of hydrogen-bond donors (Lipinski definition) is 1. The molecule has 1 aliphatic rings. The maximum Gasteiger partial charge on any atom is 0.322 e. The number of nitrogens with one attached hydrogen (secondary N) is 1. The number of carbonyl (C=O) groups is 1. The zero-order valence-corrected chi connectivity index (χ0v) is 15.2. The first-order chi connectivity index (χ1) is 12.1. The van der Waals surface area contributed by atoms with Gasteiger partial charge in [0, 0.05) is 37.6 Å². The smallest absolute Gasteiger partial charge is 0.322 e. The molecule has 0 aliphatic carbocycles. The van der Waals surface area contributed by atoms with E-state index in [0.29, 0.717) is 6.54 Å². The molecule has 2 aromatic rings. The van der Waals surface area contributed by atoms with Gasteiger partial charge in [-0.3, -0.25) is 4.90 Å². The molecular formula is C20H26N4O. The Morgan fingerprint density at radius 3 is 2.68 bits per heavy atom. The molecule has 0 radical (unpaired) electrons. The molecule has 1 aromatic carbocycles. The lowest BCUT2D eigenvalue weighted by Crippen LogP contribution is -2.43. The Bertz CT molecular complexity index is 725. The molecule has 0 fully saturated rings. The summed E-state index contributed by atoms with van der Waals surface area (Å²) in [4.78, 5) is 21.2. The van der Waals surface area contributed by atoms with Crippen molar-refractivity contribution in [2.45, 2.75) is 39.8 Å². The Morgan fingerprint density at radius 2 is 2.00 bits per heavy atom. The molecule has 5 nitrogen and oxygen atoms in total. The lowest BCUT2D eigenvalue weighted by Gasteiger charge is -2.23. The number of aromatic nitrogens is 1. The van der Waals surface area contributed by atoms with Crippen LogP contribution in [0.3, 0.4) is 0 Å². The molecule has 5 heteroatoms. The highest BCUT2D eigenvalue weighted by Crippen LogP contribution is 2.31. The normalized spacial score (nSPS) is 15.8. The van der Waals surface area contributed by atoms with E-state index < -0.39 is 0 Å². The fourth-order valence-corrected chi connectivity index (χ4v) is 3.39. The van der Waals surface area contributed by atoms with Crippen molar-refractivity contribution in [3.05, 3.63) is 53.7 Å². The lowest BCUT2D eigenvalue weighted by atomic mass is 10.1. The van der Waals surface area contributed by atoms with E-state index in [1.807, 2.05) is 41.4 Å². The van der Waals surface area contributed by atoms with E-state index in [-0.39, 0.29) is 12.1 Å². The van der Waals surface area contributed by atoms with E-state index in [1.165, 1.54) is 5.56 Å². The second-order valence-electron chi connectivity index (χ2n) is 6.41. The Balaban J connectivity index is 1.63. The van der Waals surface area contributed by atoms with Crippen LogP contribution in [0.1, 0.15) is 31.9 Å². The van der Waals surface area contributed by atoms with Crippen molar-refractivity contribution < 1.29 is 4.79 Å². The van der Waals surface area contributed by atoms with Gasteiger partial charge < -0.3 is 10.2 Å². The number of hydrogen-bond acceptors (Lipinski definition) is 3. The molecule has 2 heterocycles. The number of para-hydroxylation sites is 1. The predicted molar refractivity (Wildman–Crippen MR) is 102 cm³/mol. The number of amides is 2. The molecule has 0 spiro atoms. The van der Waals surface area contributed by atoms with Crippen LogP contribution < -0.4 is 15.1 Å². The first-order valence-electron chi connectivity index (χ1n) is 8.98. The predicted octanol–water partition coefficient (Wildman–Crippen LogP) is 3.59. The van der Waals surface area contributed by atoms with Gasteiger partial charge in [-0.15, -0.1) is 0 Å². The maximum atomic E-state index is 12.6. The van der Waals surface area contributed by atoms with Crippen molar-refractivity contribution in [2.75, 3.05) is 22.9 Å². The van der Waals surface area contributed by atoms with Crippen molar-refractivity contribution in [3.8, 4) is 0 Å². The molecule has 1 unspecified atom stereocenters. The van der Waals surface area contributed by atoms with Gasteiger partial charge in [-0.25, -0.2) is 9.78 Å². The van der Waals surface area contributed by atoms with E-state index in [4.69, 9.17) is 0 Å². The summed E-state index contributed by atoms with van der Waals surface area (Å²) in [6.45, 7) is 8.68.